The molecule has 0 bridgehead atoms. The molecule has 2 aliphatic rings. The monoisotopic (exact) mass is 570 g/mol. The van der Waals surface area contributed by atoms with E-state index in [4.69, 9.17) is 28.4 Å². The van der Waals surface area contributed by atoms with Gasteiger partial charge in [0.05, 0.1) is 13.2 Å². The van der Waals surface area contributed by atoms with Crippen molar-refractivity contribution in [1.82, 2.24) is 10.6 Å². The maximum absolute atomic E-state index is 13.0. The molecule has 0 aromatic heterocycles. The van der Waals surface area contributed by atoms with Crippen LogP contribution in [0.3, 0.4) is 0 Å². The Balaban J connectivity index is 1.47. The van der Waals surface area contributed by atoms with Crippen LogP contribution in [0, 0.1) is 0 Å². The molecule has 2 N–H and O–H groups in total. The molecule has 10 heteroatoms. The molecule has 2 fully saturated rings. The first-order valence-corrected chi connectivity index (χ1v) is 14.0. The lowest BCUT2D eigenvalue weighted by Crippen LogP contribution is -2.52. The number of rotatable bonds is 11. The highest BCUT2D eigenvalue weighted by atomic mass is 16.8. The van der Waals surface area contributed by atoms with Gasteiger partial charge in [0.15, 0.2) is 12.1 Å². The predicted octanol–water partition coefficient (Wildman–Crippen LogP) is 4.06. The summed E-state index contributed by atoms with van der Waals surface area (Å²) >= 11 is 0. The standard InChI is InChI=1S/C31H42N2O8/c1-20(33-29(35)41-30(2,3)4)27(34)32-17-23(36-18-21-13-9-7-10-14-21)24-25(37-19-22-15-11-8-12-16-22)26-28(38-24)40-31(5,6)39-26/h7-16,20,23-26,28H,17-19H2,1-6H3,(H,32,34)(H,33,35)/t20?,23-,24-,25-,26-,28-/m1/s1. The van der Waals surface area contributed by atoms with Gasteiger partial charge in [0.2, 0.25) is 5.91 Å². The molecule has 2 amide bonds. The third-order valence-electron chi connectivity index (χ3n) is 6.59. The van der Waals surface area contributed by atoms with Crippen molar-refractivity contribution >= 4 is 12.0 Å². The fourth-order valence-electron chi connectivity index (χ4n) is 4.71. The minimum absolute atomic E-state index is 0.102. The molecule has 0 aliphatic carbocycles. The molecule has 0 saturated carbocycles. The lowest BCUT2D eigenvalue weighted by atomic mass is 10.0. The summed E-state index contributed by atoms with van der Waals surface area (Å²) in [7, 11) is 0. The van der Waals surface area contributed by atoms with Crippen molar-refractivity contribution in [2.45, 2.75) is 103 Å². The summed E-state index contributed by atoms with van der Waals surface area (Å²) in [6.07, 6.45) is -3.56. The molecule has 224 valence electrons. The predicted molar refractivity (Wildman–Crippen MR) is 151 cm³/mol. The third kappa shape index (κ3) is 8.98. The molecule has 4 rings (SSSR count). The van der Waals surface area contributed by atoms with E-state index in [0.29, 0.717) is 13.2 Å². The van der Waals surface area contributed by atoms with Crippen molar-refractivity contribution in [3.63, 3.8) is 0 Å². The van der Waals surface area contributed by atoms with Crippen LogP contribution >= 0.6 is 0 Å². The maximum atomic E-state index is 13.0. The van der Waals surface area contributed by atoms with E-state index < -0.39 is 60.1 Å². The third-order valence-corrected chi connectivity index (χ3v) is 6.59. The first-order valence-electron chi connectivity index (χ1n) is 14.0. The first-order chi connectivity index (χ1) is 19.4. The molecular weight excluding hydrogens is 528 g/mol. The van der Waals surface area contributed by atoms with Gasteiger partial charge in [-0.15, -0.1) is 0 Å². The summed E-state index contributed by atoms with van der Waals surface area (Å²) in [6, 6.07) is 18.7. The number of alkyl carbamates (subject to hydrolysis) is 1. The summed E-state index contributed by atoms with van der Waals surface area (Å²) in [5, 5.41) is 5.45. The molecular formula is C31H42N2O8. The van der Waals surface area contributed by atoms with Crippen molar-refractivity contribution in [3.05, 3.63) is 71.8 Å². The number of fused-ring (bicyclic) bond motifs is 1. The minimum atomic E-state index is -0.832. The van der Waals surface area contributed by atoms with Gasteiger partial charge in [0.25, 0.3) is 0 Å². The average Bonchev–Trinajstić information content (AvgIpc) is 3.38. The number of ether oxygens (including phenoxy) is 6. The van der Waals surface area contributed by atoms with Gasteiger partial charge in [-0.2, -0.15) is 0 Å². The van der Waals surface area contributed by atoms with Crippen molar-refractivity contribution in [1.29, 1.82) is 0 Å². The van der Waals surface area contributed by atoms with E-state index >= 15 is 0 Å². The zero-order valence-corrected chi connectivity index (χ0v) is 24.6. The summed E-state index contributed by atoms with van der Waals surface area (Å²) in [4.78, 5) is 25.1. The smallest absolute Gasteiger partial charge is 0.408 e. The van der Waals surface area contributed by atoms with E-state index in [1.165, 1.54) is 0 Å². The molecule has 2 heterocycles. The van der Waals surface area contributed by atoms with Crippen LogP contribution in [-0.2, 0) is 46.4 Å². The molecule has 0 radical (unpaired) electrons. The topological polar surface area (TPSA) is 114 Å². The number of nitrogens with one attached hydrogen (secondary N) is 2. The van der Waals surface area contributed by atoms with E-state index in [1.54, 1.807) is 27.7 Å². The normalized spacial score (nSPS) is 24.7. The Hall–Kier alpha value is -3.02. The lowest BCUT2D eigenvalue weighted by Gasteiger charge is -2.31. The number of carbonyl (C=O) groups is 2. The molecule has 2 aromatic rings. The highest BCUT2D eigenvalue weighted by Gasteiger charge is 2.57. The van der Waals surface area contributed by atoms with E-state index in [2.05, 4.69) is 10.6 Å². The molecule has 41 heavy (non-hydrogen) atoms. The maximum Gasteiger partial charge on any atom is 0.408 e. The number of hydrogen-bond acceptors (Lipinski definition) is 8. The van der Waals surface area contributed by atoms with Gasteiger partial charge in [0.1, 0.15) is 36.1 Å². The molecule has 10 nitrogen and oxygen atoms in total. The summed E-state index contributed by atoms with van der Waals surface area (Å²) in [5.41, 5.74) is 1.30. The van der Waals surface area contributed by atoms with Crippen LogP contribution in [0.2, 0.25) is 0 Å². The minimum Gasteiger partial charge on any atom is -0.444 e. The summed E-state index contributed by atoms with van der Waals surface area (Å²) in [6.45, 7) is 11.3. The van der Waals surface area contributed by atoms with E-state index in [0.717, 1.165) is 11.1 Å². The van der Waals surface area contributed by atoms with Crippen LogP contribution in [0.5, 0.6) is 0 Å². The molecule has 2 saturated heterocycles. The van der Waals surface area contributed by atoms with Gasteiger partial charge < -0.3 is 39.1 Å². The van der Waals surface area contributed by atoms with Gasteiger partial charge in [-0.1, -0.05) is 60.7 Å². The van der Waals surface area contributed by atoms with E-state index in [9.17, 15) is 9.59 Å². The van der Waals surface area contributed by atoms with Crippen molar-refractivity contribution < 1.29 is 38.0 Å². The fourth-order valence-corrected chi connectivity index (χ4v) is 4.71. The van der Waals surface area contributed by atoms with Crippen LogP contribution in [0.4, 0.5) is 4.79 Å². The van der Waals surface area contributed by atoms with Gasteiger partial charge in [0, 0.05) is 6.54 Å². The summed E-state index contributed by atoms with van der Waals surface area (Å²) in [5.74, 6) is -1.22. The SMILES string of the molecule is CC(NC(=O)OC(C)(C)C)C(=O)NC[C@@H](OCc1ccccc1)[C@H]1O[C@@H]2OC(C)(C)O[C@@H]2[C@@H]1OCc1ccccc1. The molecule has 6 atom stereocenters. The molecule has 0 spiro atoms. The number of benzene rings is 2. The van der Waals surface area contributed by atoms with Crippen LogP contribution in [0.25, 0.3) is 0 Å². The Morgan fingerprint density at radius 3 is 2.17 bits per heavy atom. The van der Waals surface area contributed by atoms with Gasteiger partial charge in [-0.3, -0.25) is 4.79 Å². The Bertz CT molecular complexity index is 1140. The van der Waals surface area contributed by atoms with Crippen molar-refractivity contribution in [2.24, 2.45) is 0 Å². The summed E-state index contributed by atoms with van der Waals surface area (Å²) < 4.78 is 36.6. The number of carbonyl (C=O) groups excluding carboxylic acids is 2. The van der Waals surface area contributed by atoms with E-state index in [1.807, 2.05) is 74.5 Å². The van der Waals surface area contributed by atoms with Crippen LogP contribution < -0.4 is 10.6 Å². The van der Waals surface area contributed by atoms with Gasteiger partial charge in [-0.05, 0) is 52.7 Å². The van der Waals surface area contributed by atoms with E-state index in [-0.39, 0.29) is 6.54 Å². The van der Waals surface area contributed by atoms with Crippen LogP contribution in [-0.4, -0.2) is 66.7 Å². The number of hydrogen-bond donors (Lipinski definition) is 2. The average molecular weight is 571 g/mol. The fraction of sp³-hybridized carbons (Fsp3) is 0.548. The number of amides is 2. The Labute approximate surface area is 242 Å². The molecule has 1 unspecified atom stereocenters. The zero-order chi connectivity index (χ0) is 29.6. The first kappa shape index (κ1) is 30.9. The zero-order valence-electron chi connectivity index (χ0n) is 24.6. The van der Waals surface area contributed by atoms with Crippen LogP contribution in [0.1, 0.15) is 52.7 Å². The highest BCUT2D eigenvalue weighted by molar-refractivity contribution is 5.85. The van der Waals surface area contributed by atoms with Gasteiger partial charge >= 0.3 is 6.09 Å². The molecule has 2 aliphatic heterocycles. The molecule has 2 aromatic carbocycles. The Morgan fingerprint density at radius 2 is 1.56 bits per heavy atom. The highest BCUT2D eigenvalue weighted by Crippen LogP contribution is 2.40. The lowest BCUT2D eigenvalue weighted by molar-refractivity contribution is -0.234. The van der Waals surface area contributed by atoms with Crippen molar-refractivity contribution in [3.8, 4) is 0 Å². The second-order valence-corrected chi connectivity index (χ2v) is 11.8. The Kier molecular flexibility index (Phi) is 10.0. The van der Waals surface area contributed by atoms with Gasteiger partial charge in [-0.25, -0.2) is 4.79 Å². The van der Waals surface area contributed by atoms with Crippen molar-refractivity contribution in [2.75, 3.05) is 6.54 Å². The quantitative estimate of drug-likeness (QED) is 0.416. The second-order valence-electron chi connectivity index (χ2n) is 11.8. The largest absolute Gasteiger partial charge is 0.444 e. The Morgan fingerprint density at radius 1 is 0.951 bits per heavy atom. The second kappa shape index (κ2) is 13.3. The van der Waals surface area contributed by atoms with Crippen LogP contribution in [0.15, 0.2) is 60.7 Å².